The lowest BCUT2D eigenvalue weighted by Crippen LogP contribution is -2.30. The molecule has 0 saturated heterocycles. The third-order valence-corrected chi connectivity index (χ3v) is 8.43. The maximum Gasteiger partial charge on any atom is 0.272 e. The van der Waals surface area contributed by atoms with E-state index in [9.17, 15) is 18.8 Å². The van der Waals surface area contributed by atoms with E-state index in [-0.39, 0.29) is 16.6 Å². The quantitative estimate of drug-likeness (QED) is 0.0996. The number of benzene rings is 4. The molecule has 0 spiro atoms. The molecule has 4 aromatic carbocycles. The van der Waals surface area contributed by atoms with E-state index in [0.717, 1.165) is 0 Å². The predicted molar refractivity (Wildman–Crippen MR) is 183 cm³/mol. The van der Waals surface area contributed by atoms with Crippen LogP contribution in [0.1, 0.15) is 29.3 Å². The molecule has 47 heavy (non-hydrogen) atoms. The minimum Gasteiger partial charge on any atom is -0.496 e. The number of ether oxygens (including phenoxy) is 3. The molecule has 9 nitrogen and oxygen atoms in total. The normalized spacial score (nSPS) is 11.7. The SMILES string of the molecule is CCC(Sc1cccc(NC(=O)/C(=C\c2cc(OC)c(OC)cc2OC)NC(=O)c2ccccc2)c1)C(=O)Nc1ccc(F)c(Cl)c1. The van der Waals surface area contributed by atoms with Gasteiger partial charge in [-0.1, -0.05) is 42.8 Å². The van der Waals surface area contributed by atoms with Crippen molar-refractivity contribution in [3.05, 3.63) is 113 Å². The first-order valence-corrected chi connectivity index (χ1v) is 15.6. The fraction of sp³-hybridized carbons (Fsp3) is 0.171. The summed E-state index contributed by atoms with van der Waals surface area (Å²) in [6.07, 6.45) is 1.97. The Balaban J connectivity index is 1.59. The van der Waals surface area contributed by atoms with Crippen LogP contribution in [0.4, 0.5) is 15.8 Å². The minimum absolute atomic E-state index is 0.0637. The van der Waals surface area contributed by atoms with E-state index in [2.05, 4.69) is 16.0 Å². The van der Waals surface area contributed by atoms with Crippen molar-refractivity contribution in [1.29, 1.82) is 0 Å². The van der Waals surface area contributed by atoms with Crippen molar-refractivity contribution in [2.45, 2.75) is 23.5 Å². The van der Waals surface area contributed by atoms with Gasteiger partial charge in [-0.3, -0.25) is 14.4 Å². The van der Waals surface area contributed by atoms with Crippen LogP contribution >= 0.6 is 23.4 Å². The second kappa shape index (κ2) is 16.5. The van der Waals surface area contributed by atoms with E-state index in [0.29, 0.717) is 51.1 Å². The van der Waals surface area contributed by atoms with Crippen molar-refractivity contribution in [2.24, 2.45) is 0 Å². The van der Waals surface area contributed by atoms with E-state index >= 15 is 0 Å². The molecule has 244 valence electrons. The first-order valence-electron chi connectivity index (χ1n) is 14.4. The number of amides is 3. The van der Waals surface area contributed by atoms with Crippen molar-refractivity contribution in [3.8, 4) is 17.2 Å². The molecule has 0 aliphatic heterocycles. The first-order chi connectivity index (χ1) is 22.6. The Morgan fingerprint density at radius 2 is 1.51 bits per heavy atom. The van der Waals surface area contributed by atoms with Gasteiger partial charge >= 0.3 is 0 Å². The topological polar surface area (TPSA) is 115 Å². The molecule has 0 fully saturated rings. The number of thioether (sulfide) groups is 1. The van der Waals surface area contributed by atoms with Gasteiger partial charge < -0.3 is 30.2 Å². The molecule has 12 heteroatoms. The van der Waals surface area contributed by atoms with Gasteiger partial charge in [-0.2, -0.15) is 0 Å². The Bertz CT molecular complexity index is 1790. The summed E-state index contributed by atoms with van der Waals surface area (Å²) in [6, 6.07) is 22.7. The molecule has 3 N–H and O–H groups in total. The third kappa shape index (κ3) is 9.27. The number of carbonyl (C=O) groups is 3. The van der Waals surface area contributed by atoms with Crippen molar-refractivity contribution in [1.82, 2.24) is 5.32 Å². The molecule has 0 radical (unpaired) electrons. The van der Waals surface area contributed by atoms with Crippen LogP contribution < -0.4 is 30.2 Å². The second-order valence-electron chi connectivity index (χ2n) is 9.94. The highest BCUT2D eigenvalue weighted by Gasteiger charge is 2.21. The molecular formula is C35H33ClFN3O6S. The number of nitrogens with one attached hydrogen (secondary N) is 3. The number of anilines is 2. The summed E-state index contributed by atoms with van der Waals surface area (Å²) in [7, 11) is 4.45. The van der Waals surface area contributed by atoms with Crippen molar-refractivity contribution >= 4 is 58.5 Å². The van der Waals surface area contributed by atoms with E-state index < -0.39 is 22.9 Å². The number of hydrogen-bond donors (Lipinski definition) is 3. The van der Waals surface area contributed by atoms with Crippen LogP contribution in [0.25, 0.3) is 6.08 Å². The van der Waals surface area contributed by atoms with Gasteiger partial charge in [-0.25, -0.2) is 4.39 Å². The highest BCUT2D eigenvalue weighted by atomic mass is 35.5. The summed E-state index contributed by atoms with van der Waals surface area (Å²) in [4.78, 5) is 40.6. The zero-order valence-electron chi connectivity index (χ0n) is 26.1. The zero-order valence-corrected chi connectivity index (χ0v) is 27.6. The van der Waals surface area contributed by atoms with Gasteiger partial charge in [-0.15, -0.1) is 11.8 Å². The van der Waals surface area contributed by atoms with Gasteiger partial charge in [0.2, 0.25) is 5.91 Å². The minimum atomic E-state index is -0.605. The second-order valence-corrected chi connectivity index (χ2v) is 11.6. The average molecular weight is 678 g/mol. The lowest BCUT2D eigenvalue weighted by atomic mass is 10.1. The summed E-state index contributed by atoms with van der Waals surface area (Å²) < 4.78 is 29.9. The zero-order chi connectivity index (χ0) is 33.9. The standard InChI is InChI=1S/C35H33ClFN3O6S/c1-5-32(35(43)39-24-14-15-27(37)26(36)19-24)47-25-13-9-12-23(18-25)38-34(42)28(40-33(41)21-10-7-6-8-11-21)16-22-17-30(45-3)31(46-4)20-29(22)44-2/h6-20,32H,5H2,1-4H3,(H,38,42)(H,39,43)(H,40,41)/b28-16+. The highest BCUT2D eigenvalue weighted by Crippen LogP contribution is 2.36. The maximum atomic E-state index is 13.7. The van der Waals surface area contributed by atoms with Crippen LogP contribution in [0.3, 0.4) is 0 Å². The van der Waals surface area contributed by atoms with Gasteiger partial charge in [0.05, 0.1) is 31.6 Å². The lowest BCUT2D eigenvalue weighted by Gasteiger charge is -2.16. The maximum absolute atomic E-state index is 13.7. The predicted octanol–water partition coefficient (Wildman–Crippen LogP) is 7.42. The molecule has 0 aliphatic carbocycles. The Labute approximate surface area is 281 Å². The van der Waals surface area contributed by atoms with Gasteiger partial charge in [0.15, 0.2) is 11.5 Å². The number of rotatable bonds is 13. The molecule has 0 bridgehead atoms. The average Bonchev–Trinajstić information content (AvgIpc) is 3.08. The van der Waals surface area contributed by atoms with Gasteiger partial charge in [0.1, 0.15) is 17.3 Å². The van der Waals surface area contributed by atoms with Crippen LogP contribution in [-0.4, -0.2) is 44.3 Å². The molecule has 0 saturated carbocycles. The Morgan fingerprint density at radius 3 is 2.17 bits per heavy atom. The molecule has 4 aromatic rings. The van der Waals surface area contributed by atoms with Crippen LogP contribution in [0.15, 0.2) is 95.5 Å². The number of halogens is 2. The monoisotopic (exact) mass is 677 g/mol. The molecule has 1 atom stereocenters. The fourth-order valence-electron chi connectivity index (χ4n) is 4.39. The Kier molecular flexibility index (Phi) is 12.3. The molecule has 4 rings (SSSR count). The summed E-state index contributed by atoms with van der Waals surface area (Å²) in [5, 5.41) is 7.73. The van der Waals surface area contributed by atoms with Crippen LogP contribution in [0.2, 0.25) is 5.02 Å². The summed E-state index contributed by atoms with van der Waals surface area (Å²) in [5.74, 6) is -0.753. The fourth-order valence-corrected chi connectivity index (χ4v) is 5.59. The van der Waals surface area contributed by atoms with E-state index in [1.807, 2.05) is 13.0 Å². The summed E-state index contributed by atoms with van der Waals surface area (Å²) in [5.41, 5.74) is 1.55. The van der Waals surface area contributed by atoms with Gasteiger partial charge in [-0.05, 0) is 67.1 Å². The number of methoxy groups -OCH3 is 3. The van der Waals surface area contributed by atoms with Crippen molar-refractivity contribution in [2.75, 3.05) is 32.0 Å². The van der Waals surface area contributed by atoms with Crippen LogP contribution in [0.5, 0.6) is 17.2 Å². The Morgan fingerprint density at radius 1 is 0.830 bits per heavy atom. The van der Waals surface area contributed by atoms with Gasteiger partial charge in [0, 0.05) is 33.5 Å². The largest absolute Gasteiger partial charge is 0.496 e. The summed E-state index contributed by atoms with van der Waals surface area (Å²) in [6.45, 7) is 1.87. The van der Waals surface area contributed by atoms with E-state index in [1.165, 1.54) is 57.4 Å². The van der Waals surface area contributed by atoms with Crippen molar-refractivity contribution in [3.63, 3.8) is 0 Å². The highest BCUT2D eigenvalue weighted by molar-refractivity contribution is 8.00. The Hall–Kier alpha value is -5.00. The lowest BCUT2D eigenvalue weighted by molar-refractivity contribution is -0.116. The van der Waals surface area contributed by atoms with E-state index in [4.69, 9.17) is 25.8 Å². The van der Waals surface area contributed by atoms with Crippen LogP contribution in [0, 0.1) is 5.82 Å². The number of hydrogen-bond acceptors (Lipinski definition) is 7. The van der Waals surface area contributed by atoms with Crippen molar-refractivity contribution < 1.29 is 33.0 Å². The molecule has 0 heterocycles. The molecular weight excluding hydrogens is 645 g/mol. The van der Waals surface area contributed by atoms with Gasteiger partial charge in [0.25, 0.3) is 11.8 Å². The molecule has 0 aromatic heterocycles. The summed E-state index contributed by atoms with van der Waals surface area (Å²) >= 11 is 7.16. The smallest absolute Gasteiger partial charge is 0.272 e. The van der Waals surface area contributed by atoms with E-state index in [1.54, 1.807) is 60.7 Å². The van der Waals surface area contributed by atoms with Crippen LogP contribution in [-0.2, 0) is 9.59 Å². The number of carbonyl (C=O) groups excluding carboxylic acids is 3. The first kappa shape index (κ1) is 34.9. The third-order valence-electron chi connectivity index (χ3n) is 6.79. The molecule has 1 unspecified atom stereocenters. The molecule has 3 amide bonds. The molecule has 0 aliphatic rings.